The molecular weight excluding hydrogens is 1450 g/mol. The number of H-pyrrole nitrogens is 1. The molecule has 0 spiro atoms. The van der Waals surface area contributed by atoms with E-state index in [4.69, 9.17) is 5.73 Å². The van der Waals surface area contributed by atoms with Gasteiger partial charge in [0.05, 0.1) is 31.2 Å². The first-order valence-electron chi connectivity index (χ1n) is 37.0. The number of nitrogens with one attached hydrogen (secondary N) is 9. The summed E-state index contributed by atoms with van der Waals surface area (Å²) in [5, 5.41) is 120. The van der Waals surface area contributed by atoms with Gasteiger partial charge in [0.1, 0.15) is 91.1 Å². The molecule has 5 heterocycles. The Bertz CT molecular complexity index is 4140. The molecule has 0 aliphatic carbocycles. The molecular formula is C75H105N15O21. The van der Waals surface area contributed by atoms with Crippen molar-refractivity contribution < 1.29 is 103 Å². The molecule has 0 saturated carbocycles. The molecule has 2 aromatic heterocycles. The second-order valence-electron chi connectivity index (χ2n) is 29.5. The molecule has 0 radical (unpaired) electrons. The largest absolute Gasteiger partial charge is 0.508 e. The number of hydrogen-bond acceptors (Lipinski definition) is 22. The van der Waals surface area contributed by atoms with Crippen molar-refractivity contribution in [3.05, 3.63) is 102 Å². The van der Waals surface area contributed by atoms with Crippen LogP contribution in [0, 0.1) is 11.8 Å². The van der Waals surface area contributed by atoms with Crippen molar-refractivity contribution in [1.82, 2.24) is 71.7 Å². The third-order valence-corrected chi connectivity index (χ3v) is 20.6. The number of rotatable bonds is 25. The van der Waals surface area contributed by atoms with E-state index >= 15 is 24.0 Å². The number of aliphatic hydroxyl groups is 7. The van der Waals surface area contributed by atoms with Gasteiger partial charge in [0.2, 0.25) is 65.0 Å². The first-order chi connectivity index (χ1) is 52.6. The maximum Gasteiger partial charge on any atom is 0.323 e. The summed E-state index contributed by atoms with van der Waals surface area (Å²) in [6.45, 7) is 1.63. The van der Waals surface area contributed by atoms with Crippen molar-refractivity contribution in [3.63, 3.8) is 0 Å². The number of aliphatic hydroxyl groups excluding tert-OH is 7. The van der Waals surface area contributed by atoms with Crippen LogP contribution in [0.25, 0.3) is 21.8 Å². The Hall–Kier alpha value is -10.2. The van der Waals surface area contributed by atoms with E-state index in [2.05, 4.69) is 47.5 Å². The number of primary amides is 1. The lowest BCUT2D eigenvalue weighted by Gasteiger charge is -2.36. The number of amides is 11. The number of nitrogens with zero attached hydrogens (tertiary/aromatic N) is 5. The zero-order valence-corrected chi connectivity index (χ0v) is 63.0. The molecule has 36 heteroatoms. The summed E-state index contributed by atoms with van der Waals surface area (Å²) >= 11 is 0. The lowest BCUT2D eigenvalue weighted by atomic mass is 9.86. The normalized spacial score (nSPS) is 24.9. The standard InChI is InChI=1S/C75H105N15O21/c1-38(2)25-52-75(111)90-35-44(93)29-58(90)71(107)81-51(27-41-31-78-48-15-10-8-13-45(41)48)68(104)80-50(67(103)84-53(73(109)86(5)6)28-42-34-88(36-62(97)98)56-16-11-9-14-46(42)56)23-22-49(79-33-59(94)63(99)65(101)64(100)60(95)37-91)47(26-40-18-20-43(92)21-19-40)72(108)87(7)39(3)66(102)82-54(30-61(76)96)74(110)89-24-12-17-57(89)70(106)85-55(32-77-4)69(105)83-52/h8-11,13-16,18-21,31,34,38-39,44,47,49-55,57-60,63-65,77-79,91-95,99-101H,12,17,22-30,32-33,35-37H2,1-7H3,(H2,76,96)(H,80,104)(H,81,107)(H,82,102)(H,83,105)(H,84,103)(H,85,106)(H,97,98)/t39-,44+,47+,49?,50-,51-,52-,53-,54-,55-,57-,58-,59+,60?,63+,64+,65-/m0/s1. The fourth-order valence-corrected chi connectivity index (χ4v) is 14.5. The van der Waals surface area contributed by atoms with Crippen LogP contribution in [-0.2, 0) is 83.3 Å². The Morgan fingerprint density at radius 1 is 0.694 bits per heavy atom. The van der Waals surface area contributed by atoms with E-state index in [1.807, 2.05) is 0 Å². The lowest BCUT2D eigenvalue weighted by Crippen LogP contribution is -2.61. The van der Waals surface area contributed by atoms with Crippen molar-refractivity contribution in [2.45, 2.75) is 189 Å². The number of aliphatic carboxylic acids is 1. The van der Waals surface area contributed by atoms with E-state index in [9.17, 15) is 79.5 Å². The molecule has 111 heavy (non-hydrogen) atoms. The maximum atomic E-state index is 15.9. The molecule has 3 fully saturated rings. The van der Waals surface area contributed by atoms with Crippen LogP contribution >= 0.6 is 0 Å². The molecule has 36 nitrogen and oxygen atoms in total. The van der Waals surface area contributed by atoms with Gasteiger partial charge >= 0.3 is 5.97 Å². The van der Waals surface area contributed by atoms with Crippen molar-refractivity contribution in [1.29, 1.82) is 0 Å². The SMILES string of the molecule is CNC[C@@H]1NC(=O)[C@@H]2CCCN2C(=O)[C@H](CC(N)=O)NC(=O)[C@H](C)N(C)C(=O)[C@H](Cc2ccc(O)cc2)C(NC[C@@H](O)[C@@H](O)[C@H](O)[C@H](O)C(O)CO)CC[C@@H](C(=O)N[C@@H](Cc2cn(CC(=O)O)c3ccccc23)C(=O)N(C)C)NC(=O)[C@H](Cc2c[nH]c3ccccc23)NC(=O)[C@@H]2C[C@@H](O)CN2C(=O)[C@H](CC(C)C)NC1=O. The Balaban J connectivity index is 1.30. The number of carboxylic acid groups (broad SMARTS) is 1. The first-order valence-corrected chi connectivity index (χ1v) is 37.0. The molecule has 8 rings (SSSR count). The number of phenols is 1. The highest BCUT2D eigenvalue weighted by Crippen LogP contribution is 2.29. The third-order valence-electron chi connectivity index (χ3n) is 20.6. The summed E-state index contributed by atoms with van der Waals surface area (Å²) in [5.41, 5.74) is 7.98. The van der Waals surface area contributed by atoms with E-state index in [1.165, 1.54) is 75.0 Å². The Morgan fingerprint density at radius 2 is 1.32 bits per heavy atom. The Morgan fingerprint density at radius 3 is 1.97 bits per heavy atom. The number of benzene rings is 3. The van der Waals surface area contributed by atoms with Gasteiger partial charge in [0.25, 0.3) is 0 Å². The van der Waals surface area contributed by atoms with Crippen molar-refractivity contribution in [3.8, 4) is 5.75 Å². The smallest absolute Gasteiger partial charge is 0.323 e. The number of fused-ring (bicyclic) bond motifs is 4. The number of carbonyl (C=O) groups is 12. The van der Waals surface area contributed by atoms with E-state index in [1.54, 1.807) is 68.6 Å². The summed E-state index contributed by atoms with van der Waals surface area (Å²) in [5.74, 6) is -13.6. The summed E-state index contributed by atoms with van der Waals surface area (Å²) in [7, 11) is 5.53. The molecule has 3 aliphatic rings. The average Bonchev–Trinajstić information content (AvgIpc) is 1.74. The van der Waals surface area contributed by atoms with Gasteiger partial charge in [-0.2, -0.15) is 0 Å². The van der Waals surface area contributed by atoms with Crippen LogP contribution in [0.1, 0.15) is 82.4 Å². The number of carboxylic acids is 1. The molecule has 3 aliphatic heterocycles. The van der Waals surface area contributed by atoms with Crippen LogP contribution in [0.2, 0.25) is 0 Å². The second-order valence-corrected chi connectivity index (χ2v) is 29.5. The van der Waals surface area contributed by atoms with Crippen LogP contribution in [0.4, 0.5) is 0 Å². The topological polar surface area (TPSA) is 543 Å². The number of phenolic OH excluding ortho intramolecular Hbond substituents is 1. The first kappa shape index (κ1) is 86.4. The molecule has 2 unspecified atom stereocenters. The highest BCUT2D eigenvalue weighted by molar-refractivity contribution is 6.00. The monoisotopic (exact) mass is 1550 g/mol. The number of carbonyl (C=O) groups excluding carboxylic acids is 11. The van der Waals surface area contributed by atoms with E-state index < -0.39 is 219 Å². The molecule has 17 atom stereocenters. The fraction of sp³-hybridized carbons (Fsp3) is 0.547. The van der Waals surface area contributed by atoms with Crippen molar-refractivity contribution >= 4 is 92.8 Å². The van der Waals surface area contributed by atoms with Gasteiger partial charge in [-0.25, -0.2) is 0 Å². The number of aromatic nitrogens is 2. The van der Waals surface area contributed by atoms with Gasteiger partial charge in [0, 0.05) is 107 Å². The van der Waals surface area contributed by atoms with Crippen LogP contribution in [0.15, 0.2) is 85.2 Å². The minimum Gasteiger partial charge on any atom is -0.508 e. The lowest BCUT2D eigenvalue weighted by molar-refractivity contribution is -0.146. The van der Waals surface area contributed by atoms with E-state index in [0.717, 1.165) is 14.7 Å². The van der Waals surface area contributed by atoms with E-state index in [0.29, 0.717) is 38.5 Å². The highest BCUT2D eigenvalue weighted by Gasteiger charge is 2.46. The average molecular weight is 1550 g/mol. The Labute approximate surface area is 640 Å². The molecule has 606 valence electrons. The van der Waals surface area contributed by atoms with Gasteiger partial charge in [-0.3, -0.25) is 57.5 Å². The number of para-hydroxylation sites is 2. The number of nitrogens with two attached hydrogens (primary N) is 1. The Kier molecular flexibility index (Phi) is 30.5. The molecule has 11 amide bonds. The summed E-state index contributed by atoms with van der Waals surface area (Å²) in [6, 6.07) is 3.56. The van der Waals surface area contributed by atoms with Gasteiger partial charge in [-0.1, -0.05) is 62.4 Å². The van der Waals surface area contributed by atoms with Crippen molar-refractivity contribution in [2.24, 2.45) is 17.6 Å². The fourth-order valence-electron chi connectivity index (χ4n) is 14.5. The number of likely N-dealkylation sites (N-methyl/N-ethyl adjacent to an activating group) is 3. The third kappa shape index (κ3) is 22.1. The molecule has 20 N–H and O–H groups in total. The number of aromatic amines is 1. The predicted molar refractivity (Wildman–Crippen MR) is 399 cm³/mol. The van der Waals surface area contributed by atoms with Crippen molar-refractivity contribution in [2.75, 3.05) is 61.0 Å². The minimum absolute atomic E-state index is 0.0331. The van der Waals surface area contributed by atoms with Crippen LogP contribution < -0.4 is 48.3 Å². The number of aromatic hydroxyl groups is 1. The summed E-state index contributed by atoms with van der Waals surface area (Å²) in [6.07, 6.45) is -12.3. The molecule has 3 aromatic carbocycles. The van der Waals surface area contributed by atoms with E-state index in [-0.39, 0.29) is 69.7 Å². The van der Waals surface area contributed by atoms with Gasteiger partial charge in [-0.15, -0.1) is 0 Å². The molecule has 5 aromatic rings. The predicted octanol–water partition coefficient (Wildman–Crippen LogP) is -4.96. The highest BCUT2D eigenvalue weighted by atomic mass is 16.4. The van der Waals surface area contributed by atoms with Gasteiger partial charge < -0.3 is 123 Å². The van der Waals surface area contributed by atoms with Crippen LogP contribution in [-0.4, -0.2) is 304 Å². The van der Waals surface area contributed by atoms with Gasteiger partial charge in [0.15, 0.2) is 0 Å². The zero-order valence-electron chi connectivity index (χ0n) is 63.0. The van der Waals surface area contributed by atoms with Crippen LogP contribution in [0.3, 0.4) is 0 Å². The maximum absolute atomic E-state index is 15.9. The zero-order chi connectivity index (χ0) is 81.4. The number of hydrogen-bond donors (Lipinski definition) is 19. The van der Waals surface area contributed by atoms with Gasteiger partial charge in [-0.05, 0) is 99.4 Å². The second kappa shape index (κ2) is 39.1. The van der Waals surface area contributed by atoms with Crippen LogP contribution in [0.5, 0.6) is 5.75 Å². The summed E-state index contributed by atoms with van der Waals surface area (Å²) in [4.78, 5) is 184. The summed E-state index contributed by atoms with van der Waals surface area (Å²) < 4.78 is 1.44. The quantitative estimate of drug-likeness (QED) is 0.0260. The molecule has 3 saturated heterocycles. The minimum atomic E-state index is -2.33. The molecule has 0 bridgehead atoms.